The summed E-state index contributed by atoms with van der Waals surface area (Å²) in [7, 11) is 0. The van der Waals surface area contributed by atoms with Gasteiger partial charge in [0, 0.05) is 5.41 Å². The molecule has 1 aliphatic carbocycles. The molecule has 3 rings (SSSR count). The van der Waals surface area contributed by atoms with Crippen molar-refractivity contribution in [2.75, 3.05) is 0 Å². The van der Waals surface area contributed by atoms with Gasteiger partial charge < -0.3 is 14.6 Å². The minimum absolute atomic E-state index is 0.0262. The summed E-state index contributed by atoms with van der Waals surface area (Å²) in [5.41, 5.74) is -1.73. The Morgan fingerprint density at radius 3 is 2.32 bits per heavy atom. The Bertz CT molecular complexity index is 401. The van der Waals surface area contributed by atoms with E-state index in [1.54, 1.807) is 6.92 Å². The Balaban J connectivity index is 1.93. The number of carboxylic acids is 1. The predicted octanol–water partition coefficient (Wildman–Crippen LogP) is 2.75. The molecule has 3 aliphatic rings. The molecule has 2 heterocycles. The molecule has 4 nitrogen and oxygen atoms in total. The van der Waals surface area contributed by atoms with E-state index in [2.05, 4.69) is 13.8 Å². The molecule has 1 saturated carbocycles. The highest BCUT2D eigenvalue weighted by molar-refractivity contribution is 5.83. The molecule has 108 valence electrons. The van der Waals surface area contributed by atoms with Crippen LogP contribution in [0.5, 0.6) is 0 Å². The summed E-state index contributed by atoms with van der Waals surface area (Å²) in [4.78, 5) is 11.6. The average Bonchev–Trinajstić information content (AvgIpc) is 3.24. The molecule has 0 aromatic rings. The van der Waals surface area contributed by atoms with Gasteiger partial charge >= 0.3 is 5.97 Å². The maximum absolute atomic E-state index is 11.6. The molecule has 0 amide bonds. The summed E-state index contributed by atoms with van der Waals surface area (Å²) in [5, 5.41) is 9.55. The molecule has 3 fully saturated rings. The summed E-state index contributed by atoms with van der Waals surface area (Å²) in [5.74, 6) is -0.843. The number of rotatable bonds is 4. The van der Waals surface area contributed by atoms with Crippen LogP contribution in [0.2, 0.25) is 0 Å². The fourth-order valence-electron chi connectivity index (χ4n) is 4.39. The van der Waals surface area contributed by atoms with Crippen molar-refractivity contribution in [3.63, 3.8) is 0 Å². The zero-order valence-corrected chi connectivity index (χ0v) is 12.1. The van der Waals surface area contributed by atoms with Gasteiger partial charge in [0.15, 0.2) is 5.60 Å². The fraction of sp³-hybridized carbons (Fsp3) is 0.933. The minimum Gasteiger partial charge on any atom is -0.479 e. The van der Waals surface area contributed by atoms with Crippen LogP contribution in [0.1, 0.15) is 59.3 Å². The monoisotopic (exact) mass is 268 g/mol. The summed E-state index contributed by atoms with van der Waals surface area (Å²) < 4.78 is 11.7. The molecule has 4 unspecified atom stereocenters. The standard InChI is InChI=1S/C15H24O4/c1-4-10-11(18-10)15(14(3,19-15)12(16)17)13(2)8-6-5-7-9-13/h10-11H,4-9H2,1-3H3,(H,16,17). The fourth-order valence-corrected chi connectivity index (χ4v) is 4.39. The molecule has 19 heavy (non-hydrogen) atoms. The average molecular weight is 268 g/mol. The molecular weight excluding hydrogens is 244 g/mol. The van der Waals surface area contributed by atoms with E-state index < -0.39 is 17.2 Å². The van der Waals surface area contributed by atoms with E-state index in [-0.39, 0.29) is 17.6 Å². The van der Waals surface area contributed by atoms with E-state index in [9.17, 15) is 9.90 Å². The molecule has 0 radical (unpaired) electrons. The molecule has 2 saturated heterocycles. The van der Waals surface area contributed by atoms with Crippen molar-refractivity contribution in [1.82, 2.24) is 0 Å². The number of hydrogen-bond donors (Lipinski definition) is 1. The van der Waals surface area contributed by atoms with E-state index in [1.807, 2.05) is 0 Å². The Labute approximate surface area is 114 Å². The van der Waals surface area contributed by atoms with Crippen LogP contribution in [0.3, 0.4) is 0 Å². The Morgan fingerprint density at radius 1 is 1.26 bits per heavy atom. The Kier molecular flexibility index (Phi) is 2.78. The first-order valence-electron chi connectivity index (χ1n) is 7.50. The van der Waals surface area contributed by atoms with Gasteiger partial charge in [-0.1, -0.05) is 33.1 Å². The van der Waals surface area contributed by atoms with E-state index in [0.29, 0.717) is 0 Å². The van der Waals surface area contributed by atoms with E-state index in [1.165, 1.54) is 19.3 Å². The summed E-state index contributed by atoms with van der Waals surface area (Å²) in [6.07, 6.45) is 6.77. The van der Waals surface area contributed by atoms with Crippen molar-refractivity contribution in [3.05, 3.63) is 0 Å². The van der Waals surface area contributed by atoms with E-state index in [0.717, 1.165) is 19.3 Å². The quantitative estimate of drug-likeness (QED) is 0.796. The topological polar surface area (TPSA) is 62.4 Å². The van der Waals surface area contributed by atoms with Gasteiger partial charge in [-0.25, -0.2) is 4.79 Å². The van der Waals surface area contributed by atoms with Gasteiger partial charge in [0.2, 0.25) is 0 Å². The van der Waals surface area contributed by atoms with Gasteiger partial charge in [-0.05, 0) is 26.2 Å². The molecule has 0 aromatic carbocycles. The largest absolute Gasteiger partial charge is 0.479 e. The maximum atomic E-state index is 11.6. The van der Waals surface area contributed by atoms with Crippen LogP contribution in [-0.2, 0) is 14.3 Å². The third-order valence-corrected chi connectivity index (χ3v) is 5.68. The molecular formula is C15H24O4. The second-order valence-corrected chi connectivity index (χ2v) is 6.80. The molecule has 0 bridgehead atoms. The summed E-state index contributed by atoms with van der Waals surface area (Å²) in [6, 6.07) is 0. The van der Waals surface area contributed by atoms with Gasteiger partial charge in [0.25, 0.3) is 0 Å². The number of carboxylic acid groups (broad SMARTS) is 1. The molecule has 1 N–H and O–H groups in total. The lowest BCUT2D eigenvalue weighted by molar-refractivity contribution is -0.142. The van der Waals surface area contributed by atoms with Crippen molar-refractivity contribution in [3.8, 4) is 0 Å². The highest BCUT2D eigenvalue weighted by atomic mass is 16.7. The van der Waals surface area contributed by atoms with Crippen molar-refractivity contribution < 1.29 is 19.4 Å². The molecule has 2 aliphatic heterocycles. The number of epoxide rings is 2. The number of ether oxygens (including phenoxy) is 2. The summed E-state index contributed by atoms with van der Waals surface area (Å²) in [6.45, 7) is 6.01. The van der Waals surface area contributed by atoms with Gasteiger partial charge in [-0.15, -0.1) is 0 Å². The molecule has 0 spiro atoms. The first kappa shape index (κ1) is 13.4. The van der Waals surface area contributed by atoms with E-state index in [4.69, 9.17) is 9.47 Å². The zero-order valence-electron chi connectivity index (χ0n) is 12.1. The molecule has 4 atom stereocenters. The third kappa shape index (κ3) is 1.56. The minimum atomic E-state index is -1.06. The van der Waals surface area contributed by atoms with Crippen LogP contribution in [0.15, 0.2) is 0 Å². The van der Waals surface area contributed by atoms with Gasteiger partial charge in [-0.3, -0.25) is 0 Å². The highest BCUT2D eigenvalue weighted by Crippen LogP contribution is 2.68. The first-order valence-corrected chi connectivity index (χ1v) is 7.50. The van der Waals surface area contributed by atoms with Crippen molar-refractivity contribution in [2.45, 2.75) is 82.7 Å². The highest BCUT2D eigenvalue weighted by Gasteiger charge is 2.85. The first-order chi connectivity index (χ1) is 8.91. The van der Waals surface area contributed by atoms with Crippen LogP contribution in [-0.4, -0.2) is 34.5 Å². The van der Waals surface area contributed by atoms with Gasteiger partial charge in [-0.2, -0.15) is 0 Å². The molecule has 0 aromatic heterocycles. The van der Waals surface area contributed by atoms with Crippen molar-refractivity contribution >= 4 is 5.97 Å². The van der Waals surface area contributed by atoms with Crippen LogP contribution in [0.25, 0.3) is 0 Å². The smallest absolute Gasteiger partial charge is 0.338 e. The lowest BCUT2D eigenvalue weighted by Gasteiger charge is -2.39. The van der Waals surface area contributed by atoms with Crippen LogP contribution in [0, 0.1) is 5.41 Å². The van der Waals surface area contributed by atoms with E-state index >= 15 is 0 Å². The molecule has 4 heteroatoms. The summed E-state index contributed by atoms with van der Waals surface area (Å²) >= 11 is 0. The third-order valence-electron chi connectivity index (χ3n) is 5.68. The Morgan fingerprint density at radius 2 is 1.89 bits per heavy atom. The van der Waals surface area contributed by atoms with Crippen LogP contribution in [0.4, 0.5) is 0 Å². The van der Waals surface area contributed by atoms with Crippen molar-refractivity contribution in [1.29, 1.82) is 0 Å². The number of hydrogen-bond acceptors (Lipinski definition) is 3. The van der Waals surface area contributed by atoms with Crippen LogP contribution >= 0.6 is 0 Å². The zero-order chi connectivity index (χ0) is 13.9. The lowest BCUT2D eigenvalue weighted by atomic mass is 9.61. The Hall–Kier alpha value is -0.610. The second kappa shape index (κ2) is 3.95. The lowest BCUT2D eigenvalue weighted by Crippen LogP contribution is -2.49. The van der Waals surface area contributed by atoms with Gasteiger partial charge in [0.05, 0.1) is 6.10 Å². The second-order valence-electron chi connectivity index (χ2n) is 6.80. The maximum Gasteiger partial charge on any atom is 0.338 e. The normalized spacial score (nSPS) is 47.7. The predicted molar refractivity (Wildman–Crippen MR) is 70.0 cm³/mol. The van der Waals surface area contributed by atoms with Crippen LogP contribution < -0.4 is 0 Å². The SMILES string of the molecule is CCC1OC1C1(C2(C)CCCCC2)OC1(C)C(=O)O. The van der Waals surface area contributed by atoms with Crippen molar-refractivity contribution in [2.24, 2.45) is 5.41 Å². The number of carbonyl (C=O) groups is 1. The van der Waals surface area contributed by atoms with Gasteiger partial charge in [0.1, 0.15) is 11.7 Å². The number of aliphatic carboxylic acids is 1.